The van der Waals surface area contributed by atoms with Crippen molar-refractivity contribution in [3.8, 4) is 0 Å². The Kier molecular flexibility index (Phi) is 6.68. The maximum atomic E-state index is 11.8. The quantitative estimate of drug-likeness (QED) is 0.457. The van der Waals surface area contributed by atoms with Crippen LogP contribution in [-0.2, 0) is 19.0 Å². The third-order valence-corrected chi connectivity index (χ3v) is 6.21. The van der Waals surface area contributed by atoms with Crippen LogP contribution in [-0.4, -0.2) is 35.7 Å². The molecule has 5 atom stereocenters. The van der Waals surface area contributed by atoms with Gasteiger partial charge in [-0.1, -0.05) is 28.7 Å². The zero-order chi connectivity index (χ0) is 18.7. The van der Waals surface area contributed by atoms with Crippen molar-refractivity contribution < 1.29 is 23.8 Å². The third-order valence-electron chi connectivity index (χ3n) is 4.86. The lowest BCUT2D eigenvalue weighted by Gasteiger charge is -2.33. The summed E-state index contributed by atoms with van der Waals surface area (Å²) < 4.78 is 18.8. The van der Waals surface area contributed by atoms with Crippen molar-refractivity contribution >= 4 is 45.9 Å². The van der Waals surface area contributed by atoms with Gasteiger partial charge in [-0.15, -0.1) is 11.3 Å². The average molecular weight is 491 g/mol. The van der Waals surface area contributed by atoms with Crippen LogP contribution in [0.1, 0.15) is 54.7 Å². The molecule has 0 bridgehead atoms. The number of ether oxygens (including phenoxy) is 3. The Labute approximate surface area is 170 Å². The van der Waals surface area contributed by atoms with E-state index in [-0.39, 0.29) is 30.2 Å². The van der Waals surface area contributed by atoms with Crippen LogP contribution in [0.15, 0.2) is 15.5 Å². The van der Waals surface area contributed by atoms with Crippen molar-refractivity contribution in [3.05, 3.63) is 26.2 Å². The third kappa shape index (κ3) is 4.28. The number of rotatable bonds is 5. The van der Waals surface area contributed by atoms with Gasteiger partial charge in [0.05, 0.1) is 12.7 Å². The first kappa shape index (κ1) is 19.8. The van der Waals surface area contributed by atoms with E-state index in [1.54, 1.807) is 12.3 Å². The fourth-order valence-electron chi connectivity index (χ4n) is 3.85. The Balaban J connectivity index is 1.69. The van der Waals surface area contributed by atoms with Gasteiger partial charge in [-0.2, -0.15) is 0 Å². The summed E-state index contributed by atoms with van der Waals surface area (Å²) in [4.78, 5) is 27.6. The number of nitrogens with zero attached hydrogens (tertiary/aromatic N) is 1. The maximum absolute atomic E-state index is 11.8. The van der Waals surface area contributed by atoms with Gasteiger partial charge in [-0.05, 0) is 29.8 Å². The van der Waals surface area contributed by atoms with Gasteiger partial charge in [0, 0.05) is 24.6 Å². The first-order chi connectivity index (χ1) is 12.5. The van der Waals surface area contributed by atoms with Crippen LogP contribution in [0, 0.1) is 11.8 Å². The van der Waals surface area contributed by atoms with Gasteiger partial charge >= 0.3 is 11.9 Å². The summed E-state index contributed by atoms with van der Waals surface area (Å²) in [6.07, 6.45) is 4.41. The normalized spacial score (nSPS) is 31.0. The summed E-state index contributed by atoms with van der Waals surface area (Å²) in [5.74, 6) is -0.123. The highest BCUT2D eigenvalue weighted by Gasteiger charge is 2.47. The highest BCUT2D eigenvalue weighted by molar-refractivity contribution is 14.1. The number of thiazole rings is 1. The molecule has 26 heavy (non-hydrogen) atoms. The van der Waals surface area contributed by atoms with Gasteiger partial charge in [-0.3, -0.25) is 4.79 Å². The molecular weight excluding hydrogens is 469 g/mol. The smallest absolute Gasteiger partial charge is 0.357 e. The lowest BCUT2D eigenvalue weighted by Crippen LogP contribution is -2.30. The molecule has 0 spiro atoms. The Morgan fingerprint density at radius 1 is 1.46 bits per heavy atom. The number of fused-ring (bicyclic) bond motifs is 1. The second-order valence-electron chi connectivity index (χ2n) is 6.48. The van der Waals surface area contributed by atoms with Crippen LogP contribution in [0.5, 0.6) is 0 Å². The molecule has 2 fully saturated rings. The molecule has 0 unspecified atom stereocenters. The Morgan fingerprint density at radius 3 is 2.96 bits per heavy atom. The van der Waals surface area contributed by atoms with Crippen molar-refractivity contribution in [3.63, 3.8) is 0 Å². The Bertz CT molecular complexity index is 691. The monoisotopic (exact) mass is 491 g/mol. The molecule has 0 aromatic carbocycles. The fraction of sp³-hybridized carbons (Fsp3) is 0.611. The van der Waals surface area contributed by atoms with Crippen LogP contribution >= 0.6 is 33.9 Å². The Hall–Kier alpha value is -1.00. The lowest BCUT2D eigenvalue weighted by molar-refractivity contribution is -0.147. The summed E-state index contributed by atoms with van der Waals surface area (Å²) in [7, 11) is 0. The zero-order valence-corrected chi connectivity index (χ0v) is 17.7. The molecule has 3 rings (SSSR count). The van der Waals surface area contributed by atoms with Gasteiger partial charge in [0.2, 0.25) is 0 Å². The van der Waals surface area contributed by atoms with Crippen LogP contribution in [0.2, 0.25) is 0 Å². The number of esters is 2. The van der Waals surface area contributed by atoms with Crippen molar-refractivity contribution in [1.29, 1.82) is 0 Å². The van der Waals surface area contributed by atoms with Gasteiger partial charge in [0.25, 0.3) is 0 Å². The minimum Gasteiger partial charge on any atom is -0.462 e. The number of aromatic nitrogens is 1. The Morgan fingerprint density at radius 2 is 2.27 bits per heavy atom. The van der Waals surface area contributed by atoms with Gasteiger partial charge in [-0.25, -0.2) is 9.78 Å². The SMILES string of the molecule is CCOC(=O)c1csc([C@H]2CC[C@@H]3[C@@H](/C=C/I)[C@H](OC(C)=O)C[C@@H]3O2)n1. The molecule has 1 aromatic heterocycles. The molecule has 0 N–H and O–H groups in total. The molecular formula is C18H22INO5S. The molecule has 1 aliphatic carbocycles. The predicted molar refractivity (Wildman–Crippen MR) is 105 cm³/mol. The van der Waals surface area contributed by atoms with E-state index in [1.165, 1.54) is 18.3 Å². The number of halogens is 1. The average Bonchev–Trinajstić information content (AvgIpc) is 3.20. The largest absolute Gasteiger partial charge is 0.462 e. The molecule has 0 amide bonds. The molecule has 1 saturated carbocycles. The number of hydrogen-bond donors (Lipinski definition) is 0. The summed E-state index contributed by atoms with van der Waals surface area (Å²) >= 11 is 3.63. The molecule has 2 heterocycles. The summed E-state index contributed by atoms with van der Waals surface area (Å²) in [6, 6.07) is 0. The molecule has 142 valence electrons. The predicted octanol–water partition coefficient (Wildman–Crippen LogP) is 4.06. The van der Waals surface area contributed by atoms with Gasteiger partial charge < -0.3 is 14.2 Å². The minimum absolute atomic E-state index is 0.0330. The van der Waals surface area contributed by atoms with Gasteiger partial charge in [0.15, 0.2) is 5.69 Å². The van der Waals surface area contributed by atoms with E-state index in [4.69, 9.17) is 14.2 Å². The fourth-order valence-corrected chi connectivity index (χ4v) is 5.19. The number of carbonyl (C=O) groups excluding carboxylic acids is 2. The summed E-state index contributed by atoms with van der Waals surface area (Å²) in [5.41, 5.74) is 0.340. The zero-order valence-electron chi connectivity index (χ0n) is 14.7. The number of hydrogen-bond acceptors (Lipinski definition) is 7. The first-order valence-corrected chi connectivity index (χ1v) is 10.9. The standard InChI is InChI=1S/C18H22INO5S/c1-3-23-18(22)13-9-26-17(20-13)14-5-4-11-12(6-7-19)15(24-10(2)21)8-16(11)25-14/h6-7,9,11-12,14-16H,3-5,8H2,1-2H3/b7-6+/t11-,12-,14-,15-,16+/m1/s1. The summed E-state index contributed by atoms with van der Waals surface area (Å²) in [5, 5.41) is 2.53. The van der Waals surface area contributed by atoms with Crippen molar-refractivity contribution in [2.45, 2.75) is 51.4 Å². The second-order valence-corrected chi connectivity index (χ2v) is 8.08. The van der Waals surface area contributed by atoms with Crippen molar-refractivity contribution in [2.24, 2.45) is 11.8 Å². The molecule has 6 nitrogen and oxygen atoms in total. The second kappa shape index (κ2) is 8.79. The van der Waals surface area contributed by atoms with Crippen molar-refractivity contribution in [2.75, 3.05) is 6.61 Å². The molecule has 1 saturated heterocycles. The van der Waals surface area contributed by atoms with E-state index in [1.807, 2.05) is 4.08 Å². The summed E-state index contributed by atoms with van der Waals surface area (Å²) in [6.45, 7) is 3.55. The maximum Gasteiger partial charge on any atom is 0.357 e. The highest BCUT2D eigenvalue weighted by Crippen LogP contribution is 2.47. The van der Waals surface area contributed by atoms with E-state index < -0.39 is 5.97 Å². The van der Waals surface area contributed by atoms with E-state index >= 15 is 0 Å². The molecule has 0 radical (unpaired) electrons. The van der Waals surface area contributed by atoms with E-state index in [0.29, 0.717) is 24.6 Å². The molecule has 1 aliphatic heterocycles. The molecule has 1 aromatic rings. The van der Waals surface area contributed by atoms with Crippen LogP contribution in [0.4, 0.5) is 0 Å². The molecule has 2 aliphatic rings. The first-order valence-electron chi connectivity index (χ1n) is 8.75. The highest BCUT2D eigenvalue weighted by atomic mass is 127. The van der Waals surface area contributed by atoms with Crippen LogP contribution < -0.4 is 0 Å². The van der Waals surface area contributed by atoms with Crippen molar-refractivity contribution in [1.82, 2.24) is 4.98 Å². The van der Waals surface area contributed by atoms with E-state index in [2.05, 4.69) is 33.7 Å². The van der Waals surface area contributed by atoms with E-state index in [9.17, 15) is 9.59 Å². The van der Waals surface area contributed by atoms with E-state index in [0.717, 1.165) is 17.8 Å². The van der Waals surface area contributed by atoms with Crippen LogP contribution in [0.3, 0.4) is 0 Å². The van der Waals surface area contributed by atoms with Crippen LogP contribution in [0.25, 0.3) is 0 Å². The molecule has 8 heteroatoms. The van der Waals surface area contributed by atoms with Gasteiger partial charge in [0.1, 0.15) is 17.2 Å². The lowest BCUT2D eigenvalue weighted by atomic mass is 9.86. The minimum atomic E-state index is -0.397. The number of carbonyl (C=O) groups is 2. The topological polar surface area (TPSA) is 74.7 Å².